The van der Waals surface area contributed by atoms with E-state index in [0.717, 1.165) is 12.3 Å². The van der Waals surface area contributed by atoms with Crippen molar-refractivity contribution in [2.45, 2.75) is 12.5 Å². The number of benzene rings is 1. The largest absolute Gasteiger partial charge is 0.479 e. The molecule has 0 saturated carbocycles. The van der Waals surface area contributed by atoms with Crippen LogP contribution in [-0.4, -0.2) is 33.9 Å². The van der Waals surface area contributed by atoms with E-state index in [1.165, 1.54) is 11.6 Å². The molecule has 0 fully saturated rings. The molecular weight excluding hydrogens is 234 g/mol. The van der Waals surface area contributed by atoms with Gasteiger partial charge < -0.3 is 10.2 Å². The van der Waals surface area contributed by atoms with Crippen LogP contribution in [-0.2, 0) is 9.59 Å². The molecule has 0 spiro atoms. The number of carboxylic acids is 2. The molecule has 5 heteroatoms. The minimum atomic E-state index is -2.08. The van der Waals surface area contributed by atoms with Gasteiger partial charge in [-0.05, 0) is 19.1 Å². The first-order chi connectivity index (χ1) is 8.49. The smallest absolute Gasteiger partial charge is 0.347 e. The van der Waals surface area contributed by atoms with Crippen molar-refractivity contribution >= 4 is 18.2 Å². The van der Waals surface area contributed by atoms with Gasteiger partial charge in [-0.1, -0.05) is 35.9 Å². The molecule has 0 radical (unpaired) electrons. The third-order valence-electron chi connectivity index (χ3n) is 2.29. The van der Waals surface area contributed by atoms with Crippen LogP contribution in [0.2, 0.25) is 0 Å². The van der Waals surface area contributed by atoms with Gasteiger partial charge >= 0.3 is 11.9 Å². The highest BCUT2D eigenvalue weighted by Gasteiger charge is 2.45. The minimum absolute atomic E-state index is 1.03. The second-order valence-corrected chi connectivity index (χ2v) is 3.67. The van der Waals surface area contributed by atoms with Crippen molar-refractivity contribution in [3.8, 4) is 0 Å². The predicted molar refractivity (Wildman–Crippen MR) is 66.8 cm³/mol. The number of aryl methyl sites for hydroxylation is 1. The van der Waals surface area contributed by atoms with E-state index in [4.69, 9.17) is 10.2 Å². The third-order valence-corrected chi connectivity index (χ3v) is 2.29. The summed E-state index contributed by atoms with van der Waals surface area (Å²) >= 11 is 0. The first kappa shape index (κ1) is 13.6. The van der Waals surface area contributed by atoms with E-state index in [0.29, 0.717) is 0 Å². The van der Waals surface area contributed by atoms with Crippen LogP contribution in [0.4, 0.5) is 0 Å². The fraction of sp³-hybridized carbons (Fsp3) is 0.154. The normalized spacial score (nSPS) is 14.7. The van der Waals surface area contributed by atoms with Crippen LogP contribution >= 0.6 is 0 Å². The van der Waals surface area contributed by atoms with Gasteiger partial charge in [-0.25, -0.2) is 9.59 Å². The Labute approximate surface area is 104 Å². The average Bonchev–Trinajstić information content (AvgIpc) is 2.81. The molecule has 1 aliphatic rings. The van der Waals surface area contributed by atoms with Crippen molar-refractivity contribution in [2.75, 3.05) is 0 Å². The molecule has 1 aliphatic heterocycles. The lowest BCUT2D eigenvalue weighted by molar-refractivity contribution is -0.153. The van der Waals surface area contributed by atoms with Crippen LogP contribution < -0.4 is 0 Å². The van der Waals surface area contributed by atoms with Crippen LogP contribution in [0.15, 0.2) is 47.5 Å². The van der Waals surface area contributed by atoms with Crippen molar-refractivity contribution in [1.82, 2.24) is 0 Å². The van der Waals surface area contributed by atoms with Gasteiger partial charge in [0, 0.05) is 6.21 Å². The standard InChI is InChI=1S/C7H8.C6H5NO4/c1-7-5-3-2-4-6-7;8-4(9)6(5(10)11)2-1-3-7-6/h2-6H,1H3;1-3H,(H,8,9)(H,10,11). The summed E-state index contributed by atoms with van der Waals surface area (Å²) in [4.78, 5) is 24.2. The summed E-state index contributed by atoms with van der Waals surface area (Å²) in [7, 11) is 0. The van der Waals surface area contributed by atoms with Crippen molar-refractivity contribution in [2.24, 2.45) is 4.99 Å². The number of nitrogens with zero attached hydrogens (tertiary/aromatic N) is 1. The Morgan fingerprint density at radius 3 is 1.89 bits per heavy atom. The highest BCUT2D eigenvalue weighted by Crippen LogP contribution is 2.17. The minimum Gasteiger partial charge on any atom is -0.479 e. The van der Waals surface area contributed by atoms with Crippen molar-refractivity contribution in [3.05, 3.63) is 48.0 Å². The predicted octanol–water partition coefficient (Wildman–Crippen LogP) is 1.53. The molecule has 0 bridgehead atoms. The summed E-state index contributed by atoms with van der Waals surface area (Å²) in [5.41, 5.74) is -0.762. The number of hydrogen-bond donors (Lipinski definition) is 2. The fourth-order valence-electron chi connectivity index (χ4n) is 1.26. The number of hydrogen-bond acceptors (Lipinski definition) is 3. The molecule has 0 amide bonds. The molecule has 0 aromatic heterocycles. The van der Waals surface area contributed by atoms with E-state index in [9.17, 15) is 9.59 Å². The Morgan fingerprint density at radius 2 is 1.67 bits per heavy atom. The molecule has 2 N–H and O–H groups in total. The zero-order valence-electron chi connectivity index (χ0n) is 9.78. The van der Waals surface area contributed by atoms with Gasteiger partial charge in [0.25, 0.3) is 5.54 Å². The average molecular weight is 247 g/mol. The van der Waals surface area contributed by atoms with Gasteiger partial charge in [-0.3, -0.25) is 4.99 Å². The Kier molecular flexibility index (Phi) is 4.37. The van der Waals surface area contributed by atoms with E-state index in [-0.39, 0.29) is 0 Å². The molecule has 0 atom stereocenters. The summed E-state index contributed by atoms with van der Waals surface area (Å²) in [5, 5.41) is 17.0. The molecule has 0 saturated heterocycles. The van der Waals surface area contributed by atoms with Crippen LogP contribution in [0.5, 0.6) is 0 Å². The lowest BCUT2D eigenvalue weighted by Gasteiger charge is -2.11. The van der Waals surface area contributed by atoms with E-state index in [2.05, 4.69) is 24.0 Å². The number of carbonyl (C=O) groups is 2. The lowest BCUT2D eigenvalue weighted by atomic mass is 10.0. The fourth-order valence-corrected chi connectivity index (χ4v) is 1.26. The monoisotopic (exact) mass is 247 g/mol. The Hall–Kier alpha value is -2.43. The highest BCUT2D eigenvalue weighted by molar-refractivity contribution is 6.09. The van der Waals surface area contributed by atoms with Crippen LogP contribution in [0.1, 0.15) is 5.56 Å². The highest BCUT2D eigenvalue weighted by atomic mass is 16.4. The Balaban J connectivity index is 0.000000199. The summed E-state index contributed by atoms with van der Waals surface area (Å²) in [6.45, 7) is 2.08. The molecular formula is C13H13NO4. The summed E-state index contributed by atoms with van der Waals surface area (Å²) < 4.78 is 0. The van der Waals surface area contributed by atoms with Crippen molar-refractivity contribution < 1.29 is 19.8 Å². The van der Waals surface area contributed by atoms with Gasteiger partial charge in [0.15, 0.2) is 0 Å². The number of rotatable bonds is 2. The number of aliphatic carboxylic acids is 2. The summed E-state index contributed by atoms with van der Waals surface area (Å²) in [5.74, 6) is -2.95. The molecule has 94 valence electrons. The lowest BCUT2D eigenvalue weighted by Crippen LogP contribution is -2.41. The van der Waals surface area contributed by atoms with Crippen LogP contribution in [0, 0.1) is 6.92 Å². The molecule has 5 nitrogen and oxygen atoms in total. The van der Waals surface area contributed by atoms with Gasteiger partial charge in [-0.15, -0.1) is 0 Å². The molecule has 1 aromatic rings. The number of carboxylic acid groups (broad SMARTS) is 2. The molecule has 0 aliphatic carbocycles. The second kappa shape index (κ2) is 5.77. The third kappa shape index (κ3) is 3.04. The number of allylic oxidation sites excluding steroid dienone is 1. The van der Waals surface area contributed by atoms with E-state index in [1.54, 1.807) is 0 Å². The quantitative estimate of drug-likeness (QED) is 0.776. The zero-order chi connectivity index (χ0) is 13.6. The summed E-state index contributed by atoms with van der Waals surface area (Å²) in [6, 6.07) is 10.3. The second-order valence-electron chi connectivity index (χ2n) is 3.67. The van der Waals surface area contributed by atoms with Crippen molar-refractivity contribution in [1.29, 1.82) is 0 Å². The zero-order valence-corrected chi connectivity index (χ0v) is 9.78. The first-order valence-electron chi connectivity index (χ1n) is 5.20. The van der Waals surface area contributed by atoms with Crippen LogP contribution in [0.3, 0.4) is 0 Å². The van der Waals surface area contributed by atoms with Crippen LogP contribution in [0.25, 0.3) is 0 Å². The van der Waals surface area contributed by atoms with E-state index < -0.39 is 17.5 Å². The molecule has 1 heterocycles. The first-order valence-corrected chi connectivity index (χ1v) is 5.20. The van der Waals surface area contributed by atoms with Crippen molar-refractivity contribution in [3.63, 3.8) is 0 Å². The molecule has 18 heavy (non-hydrogen) atoms. The number of aliphatic imine (C=N–C) groups is 1. The Bertz CT molecular complexity index is 463. The maximum atomic E-state index is 10.4. The topological polar surface area (TPSA) is 87.0 Å². The molecule has 1 aromatic carbocycles. The van der Waals surface area contributed by atoms with E-state index in [1.807, 2.05) is 18.2 Å². The molecule has 2 rings (SSSR count). The maximum Gasteiger partial charge on any atom is 0.347 e. The van der Waals surface area contributed by atoms with Gasteiger partial charge in [0.05, 0.1) is 0 Å². The van der Waals surface area contributed by atoms with Gasteiger partial charge in [-0.2, -0.15) is 0 Å². The van der Waals surface area contributed by atoms with E-state index >= 15 is 0 Å². The SMILES string of the molecule is Cc1ccccc1.O=C(O)C1(C(=O)O)C=CC=N1. The molecule has 0 unspecified atom stereocenters. The maximum absolute atomic E-state index is 10.4. The van der Waals surface area contributed by atoms with Gasteiger partial charge in [0.1, 0.15) is 0 Å². The Morgan fingerprint density at radius 1 is 1.11 bits per heavy atom. The summed E-state index contributed by atoms with van der Waals surface area (Å²) in [6.07, 6.45) is 3.47. The van der Waals surface area contributed by atoms with Gasteiger partial charge in [0.2, 0.25) is 0 Å².